The van der Waals surface area contributed by atoms with Gasteiger partial charge in [-0.2, -0.15) is 0 Å². The first kappa shape index (κ1) is 14.8. The number of nitrogens with one attached hydrogen (secondary N) is 2. The number of benzene rings is 1. The summed E-state index contributed by atoms with van der Waals surface area (Å²) in [5.74, 6) is 5.17. The molecule has 6 heteroatoms. The fourth-order valence-corrected chi connectivity index (χ4v) is 1.90. The van der Waals surface area contributed by atoms with Gasteiger partial charge in [0.15, 0.2) is 0 Å². The Bertz CT molecular complexity index is 423. The molecule has 0 spiro atoms. The van der Waals surface area contributed by atoms with Crippen LogP contribution in [-0.2, 0) is 0 Å². The highest BCUT2D eigenvalue weighted by atomic mass is 35.5. The second-order valence-corrected chi connectivity index (χ2v) is 4.91. The molecule has 5 nitrogen and oxygen atoms in total. The predicted octanol–water partition coefficient (Wildman–Crippen LogP) is 1.31. The van der Waals surface area contributed by atoms with Crippen LogP contribution in [0.2, 0.25) is 5.02 Å². The number of likely N-dealkylation sites (N-methyl/N-ethyl adjacent to an activating group) is 1. The minimum absolute atomic E-state index is 0.0390. The summed E-state index contributed by atoms with van der Waals surface area (Å²) in [5, 5.41) is 3.39. The molecule has 4 N–H and O–H groups in total. The van der Waals surface area contributed by atoms with Crippen LogP contribution < -0.4 is 16.6 Å². The molecular formula is C12H19ClN4O. The largest absolute Gasteiger partial charge is 0.348 e. The molecule has 0 aliphatic heterocycles. The molecule has 1 amide bonds. The van der Waals surface area contributed by atoms with Crippen LogP contribution in [0.25, 0.3) is 0 Å². The minimum Gasteiger partial charge on any atom is -0.348 e. The maximum Gasteiger partial charge on any atom is 0.253 e. The zero-order chi connectivity index (χ0) is 13.7. The molecular weight excluding hydrogens is 252 g/mol. The number of halogens is 1. The van der Waals surface area contributed by atoms with Crippen molar-refractivity contribution in [1.82, 2.24) is 10.2 Å². The summed E-state index contributed by atoms with van der Waals surface area (Å²) in [6, 6.07) is 4.98. The van der Waals surface area contributed by atoms with E-state index in [2.05, 4.69) is 10.7 Å². The summed E-state index contributed by atoms with van der Waals surface area (Å²) in [6.07, 6.45) is 0. The van der Waals surface area contributed by atoms with Gasteiger partial charge in [0.2, 0.25) is 0 Å². The molecule has 0 saturated carbocycles. The van der Waals surface area contributed by atoms with Crippen LogP contribution in [0.4, 0.5) is 5.69 Å². The lowest BCUT2D eigenvalue weighted by Gasteiger charge is -2.19. The monoisotopic (exact) mass is 270 g/mol. The van der Waals surface area contributed by atoms with Crippen molar-refractivity contribution in [3.05, 3.63) is 28.8 Å². The van der Waals surface area contributed by atoms with Crippen molar-refractivity contribution in [1.29, 1.82) is 0 Å². The Morgan fingerprint density at radius 2 is 2.17 bits per heavy atom. The fraction of sp³-hybridized carbons (Fsp3) is 0.417. The minimum atomic E-state index is -0.195. The fourth-order valence-electron chi connectivity index (χ4n) is 1.73. The highest BCUT2D eigenvalue weighted by molar-refractivity contribution is 6.31. The first-order chi connectivity index (χ1) is 8.43. The topological polar surface area (TPSA) is 70.4 Å². The first-order valence-electron chi connectivity index (χ1n) is 5.65. The van der Waals surface area contributed by atoms with Gasteiger partial charge in [-0.3, -0.25) is 10.6 Å². The number of anilines is 1. The van der Waals surface area contributed by atoms with Gasteiger partial charge in [-0.25, -0.2) is 0 Å². The number of hydrogen-bond acceptors (Lipinski definition) is 4. The van der Waals surface area contributed by atoms with Crippen LogP contribution in [0.15, 0.2) is 18.2 Å². The average molecular weight is 271 g/mol. The number of rotatable bonds is 5. The van der Waals surface area contributed by atoms with Gasteiger partial charge in [0.1, 0.15) is 0 Å². The number of carbonyl (C=O) groups is 1. The van der Waals surface area contributed by atoms with Crippen molar-refractivity contribution in [2.45, 2.75) is 13.0 Å². The molecule has 0 aromatic heterocycles. The second kappa shape index (κ2) is 6.58. The Kier molecular flexibility index (Phi) is 5.40. The first-order valence-corrected chi connectivity index (χ1v) is 6.03. The van der Waals surface area contributed by atoms with Crippen LogP contribution in [0.5, 0.6) is 0 Å². The summed E-state index contributed by atoms with van der Waals surface area (Å²) in [7, 11) is 3.91. The van der Waals surface area contributed by atoms with Crippen molar-refractivity contribution in [2.24, 2.45) is 5.84 Å². The molecule has 0 bridgehead atoms. The molecule has 1 atom stereocenters. The lowest BCUT2D eigenvalue weighted by molar-refractivity contribution is 0.0935. The molecule has 0 heterocycles. The predicted molar refractivity (Wildman–Crippen MR) is 74.7 cm³/mol. The maximum atomic E-state index is 12.1. The highest BCUT2D eigenvalue weighted by Gasteiger charge is 2.14. The number of nitrogens with two attached hydrogens (primary N) is 1. The van der Waals surface area contributed by atoms with E-state index in [0.29, 0.717) is 16.3 Å². The van der Waals surface area contributed by atoms with E-state index >= 15 is 0 Å². The molecule has 1 aromatic carbocycles. The maximum absolute atomic E-state index is 12.1. The summed E-state index contributed by atoms with van der Waals surface area (Å²) >= 11 is 5.88. The molecule has 18 heavy (non-hydrogen) atoms. The molecule has 1 rings (SSSR count). The Labute approximate surface area is 112 Å². The third-order valence-electron chi connectivity index (χ3n) is 2.40. The van der Waals surface area contributed by atoms with Crippen LogP contribution in [-0.4, -0.2) is 37.5 Å². The van der Waals surface area contributed by atoms with Crippen LogP contribution in [0.3, 0.4) is 0 Å². The van der Waals surface area contributed by atoms with Crippen LogP contribution in [0, 0.1) is 0 Å². The lowest BCUT2D eigenvalue weighted by Crippen LogP contribution is -2.39. The number of carbonyl (C=O) groups excluding carboxylic acids is 1. The third-order valence-corrected chi connectivity index (χ3v) is 2.63. The summed E-state index contributed by atoms with van der Waals surface area (Å²) in [4.78, 5) is 14.1. The van der Waals surface area contributed by atoms with Crippen molar-refractivity contribution in [2.75, 3.05) is 26.1 Å². The van der Waals surface area contributed by atoms with Gasteiger partial charge in [-0.1, -0.05) is 11.6 Å². The number of hydrazine groups is 1. The summed E-state index contributed by atoms with van der Waals surface area (Å²) in [5.41, 5.74) is 3.48. The number of hydrogen-bond donors (Lipinski definition) is 3. The van der Waals surface area contributed by atoms with E-state index in [-0.39, 0.29) is 11.9 Å². The van der Waals surface area contributed by atoms with Gasteiger partial charge in [-0.15, -0.1) is 0 Å². The molecule has 1 aromatic rings. The number of amides is 1. The molecule has 0 aliphatic rings. The van der Waals surface area contributed by atoms with Gasteiger partial charge in [0.25, 0.3) is 5.91 Å². The zero-order valence-electron chi connectivity index (χ0n) is 10.8. The number of nitrogens with zero attached hydrogens (tertiary/aromatic N) is 1. The van der Waals surface area contributed by atoms with E-state index in [4.69, 9.17) is 17.4 Å². The molecule has 0 aliphatic carbocycles. The van der Waals surface area contributed by atoms with E-state index < -0.39 is 0 Å². The molecule has 0 radical (unpaired) electrons. The standard InChI is InChI=1S/C12H19ClN4O/c1-8(7-17(2)3)15-12(18)10-6-9(13)4-5-11(10)16-14/h4-6,8,16H,7,14H2,1-3H3,(H,15,18). The quantitative estimate of drug-likeness (QED) is 0.557. The van der Waals surface area contributed by atoms with E-state index in [9.17, 15) is 4.79 Å². The molecule has 0 saturated heterocycles. The van der Waals surface area contributed by atoms with Crippen molar-refractivity contribution >= 4 is 23.2 Å². The van der Waals surface area contributed by atoms with Gasteiger partial charge >= 0.3 is 0 Å². The van der Waals surface area contributed by atoms with E-state index in [0.717, 1.165) is 6.54 Å². The smallest absolute Gasteiger partial charge is 0.253 e. The Morgan fingerprint density at radius 1 is 1.50 bits per heavy atom. The molecule has 100 valence electrons. The Balaban J connectivity index is 2.80. The lowest BCUT2D eigenvalue weighted by atomic mass is 10.1. The van der Waals surface area contributed by atoms with Crippen molar-refractivity contribution in [3.8, 4) is 0 Å². The second-order valence-electron chi connectivity index (χ2n) is 4.47. The van der Waals surface area contributed by atoms with Crippen molar-refractivity contribution in [3.63, 3.8) is 0 Å². The highest BCUT2D eigenvalue weighted by Crippen LogP contribution is 2.19. The molecule has 0 fully saturated rings. The van der Waals surface area contributed by atoms with Crippen molar-refractivity contribution < 1.29 is 4.79 Å². The van der Waals surface area contributed by atoms with Gasteiger partial charge in [0, 0.05) is 17.6 Å². The van der Waals surface area contributed by atoms with Gasteiger partial charge in [0.05, 0.1) is 11.3 Å². The van der Waals surface area contributed by atoms with E-state index in [1.165, 1.54) is 0 Å². The third kappa shape index (κ3) is 4.18. The van der Waals surface area contributed by atoms with E-state index in [1.807, 2.05) is 25.9 Å². The Morgan fingerprint density at radius 3 is 2.72 bits per heavy atom. The van der Waals surface area contributed by atoms with Gasteiger partial charge in [-0.05, 0) is 39.2 Å². The summed E-state index contributed by atoms with van der Waals surface area (Å²) in [6.45, 7) is 2.70. The average Bonchev–Trinajstić information content (AvgIpc) is 2.27. The SMILES string of the molecule is CC(CN(C)C)NC(=O)c1cc(Cl)ccc1NN. The van der Waals surface area contributed by atoms with Gasteiger partial charge < -0.3 is 15.6 Å². The number of nitrogen functional groups attached to an aromatic ring is 1. The zero-order valence-corrected chi connectivity index (χ0v) is 11.6. The van der Waals surface area contributed by atoms with E-state index in [1.54, 1.807) is 18.2 Å². The normalized spacial score (nSPS) is 12.3. The van der Waals surface area contributed by atoms with Crippen LogP contribution in [0.1, 0.15) is 17.3 Å². The van der Waals surface area contributed by atoms with Crippen LogP contribution >= 0.6 is 11.6 Å². The summed E-state index contributed by atoms with van der Waals surface area (Å²) < 4.78 is 0. The Hall–Kier alpha value is -1.30. The molecule has 1 unspecified atom stereocenters.